The minimum absolute atomic E-state index is 0.176. The number of nitrogens with one attached hydrogen (secondary N) is 1. The largest absolute Gasteiger partial charge is 0.475 e. The van der Waals surface area contributed by atoms with Gasteiger partial charge in [-0.3, -0.25) is 0 Å². The molecule has 1 aromatic heterocycles. The number of aromatic carboxylic acids is 1. The minimum atomic E-state index is -4.12. The summed E-state index contributed by atoms with van der Waals surface area (Å²) in [6.45, 7) is 0.0807. The zero-order chi connectivity index (χ0) is 13.9. The maximum atomic E-state index is 12.6. The summed E-state index contributed by atoms with van der Waals surface area (Å²) < 4.78 is 53.6. The van der Waals surface area contributed by atoms with Crippen LogP contribution in [0.4, 0.5) is 17.6 Å². The van der Waals surface area contributed by atoms with Crippen LogP contribution in [0, 0.1) is 6.92 Å². The Morgan fingerprint density at radius 2 is 2.17 bits per heavy atom. The number of halogens is 4. The maximum Gasteiger partial charge on any atom is 0.371 e. The first-order valence-corrected chi connectivity index (χ1v) is 4.93. The average molecular weight is 269 g/mol. The lowest BCUT2D eigenvalue weighted by atomic mass is 10.2. The monoisotopic (exact) mass is 269 g/mol. The van der Waals surface area contributed by atoms with Gasteiger partial charge < -0.3 is 14.8 Å². The van der Waals surface area contributed by atoms with Crippen LogP contribution in [0.15, 0.2) is 10.5 Å². The Kier molecular flexibility index (Phi) is 4.33. The Balaban J connectivity index is 2.57. The Morgan fingerprint density at radius 1 is 1.56 bits per heavy atom. The molecule has 8 heteroatoms. The number of carboxylic acid groups (broad SMARTS) is 1. The van der Waals surface area contributed by atoms with Gasteiger partial charge in [0.15, 0.2) is 0 Å². The first kappa shape index (κ1) is 14.5. The van der Waals surface area contributed by atoms with Crippen molar-refractivity contribution in [3.8, 4) is 0 Å². The molecule has 4 nitrogen and oxygen atoms in total. The zero-order valence-corrected chi connectivity index (χ0v) is 9.34. The number of alkyl halides is 4. The van der Waals surface area contributed by atoms with Gasteiger partial charge in [-0.25, -0.2) is 13.6 Å². The normalized spacial score (nSPS) is 12.1. The highest BCUT2D eigenvalue weighted by molar-refractivity contribution is 5.84. The molecular weight excluding hydrogens is 258 g/mol. The van der Waals surface area contributed by atoms with Crippen LogP contribution in [0.5, 0.6) is 0 Å². The lowest BCUT2D eigenvalue weighted by Crippen LogP contribution is -2.38. The molecule has 1 rings (SSSR count). The van der Waals surface area contributed by atoms with Gasteiger partial charge in [0, 0.05) is 12.1 Å². The van der Waals surface area contributed by atoms with E-state index in [-0.39, 0.29) is 18.1 Å². The molecule has 0 aliphatic rings. The molecule has 0 atom stereocenters. The van der Waals surface area contributed by atoms with E-state index in [4.69, 9.17) is 9.52 Å². The van der Waals surface area contributed by atoms with E-state index in [0.29, 0.717) is 5.56 Å². The van der Waals surface area contributed by atoms with Gasteiger partial charge >= 0.3 is 18.3 Å². The molecule has 1 aromatic rings. The molecule has 0 unspecified atom stereocenters. The third kappa shape index (κ3) is 3.46. The molecule has 0 amide bonds. The van der Waals surface area contributed by atoms with Gasteiger partial charge in [-0.05, 0) is 13.0 Å². The molecule has 1 heterocycles. The average Bonchev–Trinajstić information content (AvgIpc) is 2.60. The van der Waals surface area contributed by atoms with Gasteiger partial charge in [0.1, 0.15) is 5.76 Å². The highest BCUT2D eigenvalue weighted by atomic mass is 19.3. The second kappa shape index (κ2) is 5.38. The van der Waals surface area contributed by atoms with E-state index < -0.39 is 24.9 Å². The van der Waals surface area contributed by atoms with Crippen molar-refractivity contribution in [1.82, 2.24) is 5.32 Å². The molecule has 18 heavy (non-hydrogen) atoms. The highest BCUT2D eigenvalue weighted by Gasteiger charge is 2.40. The number of hydrogen-bond acceptors (Lipinski definition) is 3. The summed E-state index contributed by atoms with van der Waals surface area (Å²) in [7, 11) is 0. The van der Waals surface area contributed by atoms with Crippen LogP contribution >= 0.6 is 0 Å². The highest BCUT2D eigenvalue weighted by Crippen LogP contribution is 2.22. The Hall–Kier alpha value is -1.57. The van der Waals surface area contributed by atoms with Crippen LogP contribution < -0.4 is 5.32 Å². The van der Waals surface area contributed by atoms with Crippen molar-refractivity contribution in [2.24, 2.45) is 0 Å². The van der Waals surface area contributed by atoms with Gasteiger partial charge in [-0.15, -0.1) is 0 Å². The molecule has 0 aliphatic carbocycles. The van der Waals surface area contributed by atoms with Crippen molar-refractivity contribution in [1.29, 1.82) is 0 Å². The van der Waals surface area contributed by atoms with Crippen LogP contribution in [-0.2, 0) is 6.54 Å². The summed E-state index contributed by atoms with van der Waals surface area (Å²) in [6.07, 6.45) is -3.75. The first-order chi connectivity index (χ1) is 8.24. The fourth-order valence-electron chi connectivity index (χ4n) is 1.24. The Morgan fingerprint density at radius 3 is 2.61 bits per heavy atom. The van der Waals surface area contributed by atoms with Gasteiger partial charge in [-0.1, -0.05) is 0 Å². The molecule has 0 saturated carbocycles. The second-order valence-corrected chi connectivity index (χ2v) is 3.66. The Bertz CT molecular complexity index is 431. The lowest BCUT2D eigenvalue weighted by Gasteiger charge is -2.15. The van der Waals surface area contributed by atoms with E-state index >= 15 is 0 Å². The number of hydrogen-bond donors (Lipinski definition) is 2. The third-order valence-corrected chi connectivity index (χ3v) is 2.23. The summed E-state index contributed by atoms with van der Waals surface area (Å²) in [6, 6.07) is 1.16. The fraction of sp³-hybridized carbons (Fsp3) is 0.500. The SMILES string of the molecule is Cc1oc(C(=O)O)cc1CNCC(F)(F)C(F)F. The molecule has 0 aliphatic heterocycles. The molecule has 0 aromatic carbocycles. The molecule has 0 radical (unpaired) electrons. The van der Waals surface area contributed by atoms with Crippen molar-refractivity contribution in [2.75, 3.05) is 6.54 Å². The van der Waals surface area contributed by atoms with E-state index in [9.17, 15) is 22.4 Å². The van der Waals surface area contributed by atoms with Crippen molar-refractivity contribution in [2.45, 2.75) is 25.8 Å². The molecule has 0 saturated heterocycles. The van der Waals surface area contributed by atoms with E-state index in [1.54, 1.807) is 0 Å². The van der Waals surface area contributed by atoms with Crippen LogP contribution in [0.25, 0.3) is 0 Å². The van der Waals surface area contributed by atoms with Crippen molar-refractivity contribution < 1.29 is 31.9 Å². The van der Waals surface area contributed by atoms with Crippen LogP contribution in [-0.4, -0.2) is 30.0 Å². The molecular formula is C10H11F4NO3. The molecule has 0 fully saturated rings. The van der Waals surface area contributed by atoms with Crippen LogP contribution in [0.1, 0.15) is 21.9 Å². The van der Waals surface area contributed by atoms with Gasteiger partial charge in [0.25, 0.3) is 0 Å². The van der Waals surface area contributed by atoms with E-state index in [0.717, 1.165) is 6.07 Å². The molecule has 0 spiro atoms. The van der Waals surface area contributed by atoms with Crippen molar-refractivity contribution in [3.63, 3.8) is 0 Å². The van der Waals surface area contributed by atoms with Crippen LogP contribution in [0.2, 0.25) is 0 Å². The van der Waals surface area contributed by atoms with Gasteiger partial charge in [0.2, 0.25) is 5.76 Å². The van der Waals surface area contributed by atoms with Crippen LogP contribution in [0.3, 0.4) is 0 Å². The van der Waals surface area contributed by atoms with E-state index in [1.165, 1.54) is 6.92 Å². The minimum Gasteiger partial charge on any atom is -0.475 e. The first-order valence-electron chi connectivity index (χ1n) is 4.93. The molecule has 2 N–H and O–H groups in total. The summed E-state index contributed by atoms with van der Waals surface area (Å²) >= 11 is 0. The summed E-state index contributed by atoms with van der Waals surface area (Å²) in [5, 5.41) is 10.8. The zero-order valence-electron chi connectivity index (χ0n) is 9.34. The fourth-order valence-corrected chi connectivity index (χ4v) is 1.24. The standard InChI is InChI=1S/C10H11F4NO3/c1-5-6(2-7(18-5)8(16)17)3-15-4-10(13,14)9(11)12/h2,9,15H,3-4H2,1H3,(H,16,17). The summed E-state index contributed by atoms with van der Waals surface area (Å²) in [5.74, 6) is -5.50. The topological polar surface area (TPSA) is 62.5 Å². The quantitative estimate of drug-likeness (QED) is 0.778. The van der Waals surface area contributed by atoms with Crippen molar-refractivity contribution >= 4 is 5.97 Å². The summed E-state index contributed by atoms with van der Waals surface area (Å²) in [5.41, 5.74) is 0.331. The van der Waals surface area contributed by atoms with E-state index in [2.05, 4.69) is 5.32 Å². The third-order valence-electron chi connectivity index (χ3n) is 2.23. The van der Waals surface area contributed by atoms with E-state index in [1.807, 2.05) is 0 Å². The number of furan rings is 1. The van der Waals surface area contributed by atoms with Gasteiger partial charge in [-0.2, -0.15) is 8.78 Å². The van der Waals surface area contributed by atoms with Gasteiger partial charge in [0.05, 0.1) is 6.54 Å². The van der Waals surface area contributed by atoms with Crippen molar-refractivity contribution in [3.05, 3.63) is 23.2 Å². The maximum absolute atomic E-state index is 12.6. The number of rotatable bonds is 6. The molecule has 0 bridgehead atoms. The predicted octanol–water partition coefficient (Wildman–Crippen LogP) is 2.28. The number of aryl methyl sites for hydroxylation is 1. The molecule has 102 valence electrons. The predicted molar refractivity (Wildman–Crippen MR) is 53.1 cm³/mol. The smallest absolute Gasteiger partial charge is 0.371 e. The lowest BCUT2D eigenvalue weighted by molar-refractivity contribution is -0.125. The Labute approximate surface area is 99.6 Å². The second-order valence-electron chi connectivity index (χ2n) is 3.66. The number of carbonyl (C=O) groups is 1. The number of carboxylic acids is 1. The summed E-state index contributed by atoms with van der Waals surface area (Å²) in [4.78, 5) is 10.6.